The molecule has 1 heterocycles. The first-order valence-electron chi connectivity index (χ1n) is 13.7. The molecule has 0 atom stereocenters. The van der Waals surface area contributed by atoms with E-state index in [1.54, 1.807) is 35.1 Å². The van der Waals surface area contributed by atoms with Crippen molar-refractivity contribution in [2.75, 3.05) is 5.32 Å². The number of nitrogens with one attached hydrogen (secondary N) is 3. The highest BCUT2D eigenvalue weighted by molar-refractivity contribution is 6.40. The van der Waals surface area contributed by atoms with Gasteiger partial charge in [-0.15, -0.1) is 0 Å². The molecule has 1 aliphatic carbocycles. The summed E-state index contributed by atoms with van der Waals surface area (Å²) in [4.78, 5) is 38.2. The summed E-state index contributed by atoms with van der Waals surface area (Å²) in [5.74, 6) is -2.17. The summed E-state index contributed by atoms with van der Waals surface area (Å²) >= 11 is 0. The fraction of sp³-hybridized carbons (Fsp3) is 0.219. The van der Waals surface area contributed by atoms with Gasteiger partial charge in [0.1, 0.15) is 5.69 Å². The van der Waals surface area contributed by atoms with Crippen LogP contribution in [0.5, 0.6) is 0 Å². The number of aromatic nitrogens is 2. The number of carbonyl (C=O) groups is 3. The number of aryl methyl sites for hydroxylation is 1. The van der Waals surface area contributed by atoms with E-state index in [2.05, 4.69) is 21.2 Å². The predicted molar refractivity (Wildman–Crippen MR) is 159 cm³/mol. The van der Waals surface area contributed by atoms with Crippen molar-refractivity contribution in [3.63, 3.8) is 0 Å². The molecule has 4 aromatic rings. The zero-order chi connectivity index (χ0) is 28.6. The third-order valence-corrected chi connectivity index (χ3v) is 7.02. The van der Waals surface area contributed by atoms with Crippen molar-refractivity contribution in [2.24, 2.45) is 5.10 Å². The van der Waals surface area contributed by atoms with Crippen molar-refractivity contribution in [3.8, 4) is 16.9 Å². The van der Waals surface area contributed by atoms with Crippen molar-refractivity contribution in [3.05, 3.63) is 102 Å². The monoisotopic (exact) mass is 548 g/mol. The molecule has 9 nitrogen and oxygen atoms in total. The third kappa shape index (κ3) is 6.94. The number of benzene rings is 3. The van der Waals surface area contributed by atoms with Crippen LogP contribution in [0, 0.1) is 6.92 Å². The molecule has 3 N–H and O–H groups in total. The van der Waals surface area contributed by atoms with Crippen LogP contribution in [0.2, 0.25) is 0 Å². The molecule has 208 valence electrons. The molecule has 0 unspecified atom stereocenters. The van der Waals surface area contributed by atoms with E-state index < -0.39 is 11.8 Å². The Morgan fingerprint density at radius 1 is 0.878 bits per heavy atom. The molecule has 0 saturated heterocycles. The van der Waals surface area contributed by atoms with E-state index >= 15 is 0 Å². The van der Waals surface area contributed by atoms with E-state index in [4.69, 9.17) is 5.10 Å². The van der Waals surface area contributed by atoms with Gasteiger partial charge in [0.15, 0.2) is 0 Å². The van der Waals surface area contributed by atoms with Crippen molar-refractivity contribution >= 4 is 29.6 Å². The number of rotatable bonds is 7. The summed E-state index contributed by atoms with van der Waals surface area (Å²) in [5.41, 5.74) is 7.06. The zero-order valence-electron chi connectivity index (χ0n) is 22.8. The number of hydrazone groups is 1. The second-order valence-electron chi connectivity index (χ2n) is 10.1. The number of nitrogens with zero attached hydrogens (tertiary/aromatic N) is 3. The highest BCUT2D eigenvalue weighted by Gasteiger charge is 2.21. The molecule has 0 aliphatic heterocycles. The molecule has 1 aliphatic rings. The zero-order valence-corrected chi connectivity index (χ0v) is 22.8. The number of amides is 3. The number of para-hydroxylation sites is 2. The lowest BCUT2D eigenvalue weighted by Gasteiger charge is -2.23. The molecule has 3 amide bonds. The Kier molecular flexibility index (Phi) is 8.64. The maximum absolute atomic E-state index is 12.9. The lowest BCUT2D eigenvalue weighted by Crippen LogP contribution is -2.37. The molecule has 1 saturated carbocycles. The molecule has 0 radical (unpaired) electrons. The van der Waals surface area contributed by atoms with E-state index in [0.717, 1.165) is 42.5 Å². The molecule has 1 fully saturated rings. The van der Waals surface area contributed by atoms with E-state index in [1.807, 2.05) is 61.5 Å². The topological polar surface area (TPSA) is 117 Å². The van der Waals surface area contributed by atoms with Crippen LogP contribution in [0.3, 0.4) is 0 Å². The third-order valence-electron chi connectivity index (χ3n) is 7.02. The first-order valence-corrected chi connectivity index (χ1v) is 13.7. The Bertz CT molecular complexity index is 1550. The van der Waals surface area contributed by atoms with Gasteiger partial charge in [0.05, 0.1) is 23.2 Å². The molecule has 5 rings (SSSR count). The molecule has 0 spiro atoms. The minimum absolute atomic E-state index is 0.119. The predicted octanol–water partition coefficient (Wildman–Crippen LogP) is 5.00. The van der Waals surface area contributed by atoms with E-state index in [9.17, 15) is 14.4 Å². The second-order valence-corrected chi connectivity index (χ2v) is 10.1. The maximum atomic E-state index is 12.9. The van der Waals surface area contributed by atoms with E-state index in [0.29, 0.717) is 16.8 Å². The number of hydrogen-bond acceptors (Lipinski definition) is 5. The van der Waals surface area contributed by atoms with Gasteiger partial charge in [-0.2, -0.15) is 10.2 Å². The van der Waals surface area contributed by atoms with Crippen molar-refractivity contribution < 1.29 is 14.4 Å². The minimum Gasteiger partial charge on any atom is -0.349 e. The van der Waals surface area contributed by atoms with Crippen molar-refractivity contribution in [1.82, 2.24) is 20.5 Å². The minimum atomic E-state index is -0.962. The van der Waals surface area contributed by atoms with Gasteiger partial charge in [0.25, 0.3) is 5.91 Å². The Labute approximate surface area is 238 Å². The largest absolute Gasteiger partial charge is 0.349 e. The van der Waals surface area contributed by atoms with Gasteiger partial charge in [-0.05, 0) is 44.0 Å². The molecule has 41 heavy (non-hydrogen) atoms. The van der Waals surface area contributed by atoms with E-state index in [1.165, 1.54) is 12.6 Å². The van der Waals surface area contributed by atoms with Crippen LogP contribution in [0.15, 0.2) is 90.2 Å². The number of carbonyl (C=O) groups excluding carboxylic acids is 3. The molecule has 3 aromatic carbocycles. The molecule has 0 bridgehead atoms. The van der Waals surface area contributed by atoms with Crippen LogP contribution in [0.25, 0.3) is 16.9 Å². The first-order chi connectivity index (χ1) is 20.0. The number of anilines is 1. The lowest BCUT2D eigenvalue weighted by molar-refractivity contribution is -0.136. The first kappa shape index (κ1) is 27.5. The summed E-state index contributed by atoms with van der Waals surface area (Å²) in [6.07, 6.45) is 8.50. The maximum Gasteiger partial charge on any atom is 0.329 e. The summed E-state index contributed by atoms with van der Waals surface area (Å²) in [6.45, 7) is 2.01. The number of hydrogen-bond donors (Lipinski definition) is 3. The van der Waals surface area contributed by atoms with Crippen LogP contribution in [0.4, 0.5) is 5.69 Å². The Morgan fingerprint density at radius 3 is 2.34 bits per heavy atom. The Morgan fingerprint density at radius 2 is 1.59 bits per heavy atom. The summed E-state index contributed by atoms with van der Waals surface area (Å²) in [6, 6.07) is 24.3. The van der Waals surface area contributed by atoms with Crippen molar-refractivity contribution in [1.29, 1.82) is 0 Å². The lowest BCUT2D eigenvalue weighted by atomic mass is 9.95. The standard InChI is InChI=1S/C32H32N6O3/c1-22-16-18-23(19-17-22)29-24(21-38(37-29)26-12-6-3-7-13-26)20-33-36-32(41)31(40)35-28-15-9-8-14-27(28)30(39)34-25-10-4-2-5-11-25/h3,6-9,12-21,25H,2,4-5,10-11H2,1H3,(H,34,39)(H,35,40)(H,36,41)/b33-20+. The Hall–Kier alpha value is -5.05. The Balaban J connectivity index is 1.27. The van der Waals surface area contributed by atoms with Crippen LogP contribution >= 0.6 is 0 Å². The second kappa shape index (κ2) is 12.9. The molecular weight excluding hydrogens is 516 g/mol. The van der Waals surface area contributed by atoms with E-state index in [-0.39, 0.29) is 17.6 Å². The fourth-order valence-electron chi connectivity index (χ4n) is 4.82. The van der Waals surface area contributed by atoms with Gasteiger partial charge in [-0.1, -0.05) is 79.4 Å². The normalized spacial score (nSPS) is 13.6. The van der Waals surface area contributed by atoms with Crippen molar-refractivity contribution in [2.45, 2.75) is 45.1 Å². The average molecular weight is 549 g/mol. The van der Waals surface area contributed by atoms with Crippen LogP contribution in [-0.4, -0.2) is 39.8 Å². The van der Waals surface area contributed by atoms with Crippen LogP contribution in [-0.2, 0) is 9.59 Å². The summed E-state index contributed by atoms with van der Waals surface area (Å²) in [5, 5.41) is 14.4. The smallest absolute Gasteiger partial charge is 0.329 e. The fourth-order valence-corrected chi connectivity index (χ4v) is 4.82. The van der Waals surface area contributed by atoms with Crippen LogP contribution < -0.4 is 16.1 Å². The van der Waals surface area contributed by atoms with Gasteiger partial charge in [-0.25, -0.2) is 10.1 Å². The van der Waals surface area contributed by atoms with Gasteiger partial charge < -0.3 is 10.6 Å². The van der Waals surface area contributed by atoms with Gasteiger partial charge in [-0.3, -0.25) is 14.4 Å². The summed E-state index contributed by atoms with van der Waals surface area (Å²) in [7, 11) is 0. The van der Waals surface area contributed by atoms with Gasteiger partial charge in [0.2, 0.25) is 0 Å². The molecular formula is C32H32N6O3. The summed E-state index contributed by atoms with van der Waals surface area (Å²) < 4.78 is 1.74. The molecule has 9 heteroatoms. The SMILES string of the molecule is Cc1ccc(-c2nn(-c3ccccc3)cc2/C=N/NC(=O)C(=O)Nc2ccccc2C(=O)NC2CCCCC2)cc1. The van der Waals surface area contributed by atoms with Crippen LogP contribution in [0.1, 0.15) is 53.6 Å². The molecule has 1 aromatic heterocycles. The van der Waals surface area contributed by atoms with Gasteiger partial charge >= 0.3 is 11.8 Å². The quantitative estimate of drug-likeness (QED) is 0.171. The van der Waals surface area contributed by atoms with Gasteiger partial charge in [0, 0.05) is 23.4 Å². The highest BCUT2D eigenvalue weighted by Crippen LogP contribution is 2.23. The average Bonchev–Trinajstić information content (AvgIpc) is 3.43. The highest BCUT2D eigenvalue weighted by atomic mass is 16.2.